The number of aryl methyl sites for hydroxylation is 3. The molecule has 178 valence electrons. The molecule has 2 heterocycles. The van der Waals surface area contributed by atoms with E-state index in [9.17, 15) is 21.6 Å². The van der Waals surface area contributed by atoms with Gasteiger partial charge in [0.1, 0.15) is 0 Å². The van der Waals surface area contributed by atoms with Crippen molar-refractivity contribution in [2.24, 2.45) is 0 Å². The van der Waals surface area contributed by atoms with Crippen LogP contribution in [0.5, 0.6) is 0 Å². The Labute approximate surface area is 195 Å². The van der Waals surface area contributed by atoms with Crippen molar-refractivity contribution < 1.29 is 21.6 Å². The molecule has 1 fully saturated rings. The molecule has 10 heteroatoms. The maximum Gasteiger partial charge on any atom is 0.253 e. The summed E-state index contributed by atoms with van der Waals surface area (Å²) in [5.41, 5.74) is 3.56. The van der Waals surface area contributed by atoms with Crippen LogP contribution >= 0.6 is 0 Å². The number of amides is 1. The Bertz CT molecular complexity index is 1300. The first-order chi connectivity index (χ1) is 15.5. The summed E-state index contributed by atoms with van der Waals surface area (Å²) in [4.78, 5) is 15.1. The molecule has 1 saturated heterocycles. The van der Waals surface area contributed by atoms with E-state index in [1.165, 1.54) is 14.9 Å². The van der Waals surface area contributed by atoms with Crippen LogP contribution in [0.3, 0.4) is 0 Å². The Morgan fingerprint density at radius 1 is 0.879 bits per heavy atom. The minimum atomic E-state index is -3.63. The van der Waals surface area contributed by atoms with Gasteiger partial charge >= 0.3 is 0 Å². The first-order valence-electron chi connectivity index (χ1n) is 11.0. The second-order valence-corrected chi connectivity index (χ2v) is 12.6. The fourth-order valence-corrected chi connectivity index (χ4v) is 7.21. The fraction of sp³-hybridized carbons (Fsp3) is 0.435. The van der Waals surface area contributed by atoms with E-state index >= 15 is 0 Å². The first-order valence-corrected chi connectivity index (χ1v) is 14.2. The molecular weight excluding hydrogens is 462 g/mol. The summed E-state index contributed by atoms with van der Waals surface area (Å²) in [6.45, 7) is 5.15. The maximum atomic E-state index is 13.1. The number of carbonyl (C=O) groups excluding carboxylic acids is 1. The molecule has 0 unspecified atom stereocenters. The zero-order chi connectivity index (χ0) is 24.0. The van der Waals surface area contributed by atoms with Gasteiger partial charge in [0, 0.05) is 38.3 Å². The third-order valence-electron chi connectivity index (χ3n) is 6.29. The summed E-state index contributed by atoms with van der Waals surface area (Å²) < 4.78 is 53.3. The number of hydrogen-bond donors (Lipinski definition) is 0. The quantitative estimate of drug-likeness (QED) is 0.653. The number of hydrogen-bond acceptors (Lipinski definition) is 5. The van der Waals surface area contributed by atoms with Crippen LogP contribution in [0.4, 0.5) is 5.69 Å². The monoisotopic (exact) mass is 491 g/mol. The highest BCUT2D eigenvalue weighted by Crippen LogP contribution is 2.30. The molecular formula is C23H29N3O5S2. The standard InChI is InChI=1S/C23H29N3O5S2/c1-17-6-7-18(2)22(15-17)33(30,31)25-13-11-24(12-14-25)23(27)20-8-9-21-19(16-20)5-4-10-26(21)32(3,28)29/h6-9,15-16H,4-5,10-14H2,1-3H3. The largest absolute Gasteiger partial charge is 0.336 e. The Hall–Kier alpha value is -2.43. The molecule has 0 spiro atoms. The number of piperazine rings is 1. The average Bonchev–Trinajstić information content (AvgIpc) is 2.78. The van der Waals surface area contributed by atoms with Crippen LogP contribution in [0.1, 0.15) is 33.5 Å². The summed E-state index contributed by atoms with van der Waals surface area (Å²) in [6.07, 6.45) is 2.60. The van der Waals surface area contributed by atoms with Crippen LogP contribution in [-0.2, 0) is 26.5 Å². The highest BCUT2D eigenvalue weighted by Gasteiger charge is 2.32. The Kier molecular flexibility index (Phi) is 6.28. The third-order valence-corrected chi connectivity index (χ3v) is 9.51. The van der Waals surface area contributed by atoms with E-state index in [2.05, 4.69) is 0 Å². The van der Waals surface area contributed by atoms with Gasteiger partial charge in [-0.1, -0.05) is 12.1 Å². The van der Waals surface area contributed by atoms with Gasteiger partial charge in [-0.05, 0) is 67.6 Å². The zero-order valence-electron chi connectivity index (χ0n) is 19.1. The molecule has 2 aromatic rings. The van der Waals surface area contributed by atoms with Crippen LogP contribution in [0.15, 0.2) is 41.3 Å². The molecule has 0 bridgehead atoms. The highest BCUT2D eigenvalue weighted by molar-refractivity contribution is 7.92. The normalized spacial score (nSPS) is 17.7. The summed E-state index contributed by atoms with van der Waals surface area (Å²) in [6, 6.07) is 10.5. The van der Waals surface area contributed by atoms with Crippen LogP contribution in [0.2, 0.25) is 0 Å². The van der Waals surface area contributed by atoms with Gasteiger partial charge in [0.2, 0.25) is 20.0 Å². The van der Waals surface area contributed by atoms with Crippen molar-refractivity contribution >= 4 is 31.6 Å². The molecule has 4 rings (SSSR count). The summed E-state index contributed by atoms with van der Waals surface area (Å²) in [5, 5.41) is 0. The summed E-state index contributed by atoms with van der Waals surface area (Å²) in [5.74, 6) is -0.168. The van der Waals surface area contributed by atoms with Gasteiger partial charge in [-0.25, -0.2) is 16.8 Å². The number of benzene rings is 2. The van der Waals surface area contributed by atoms with Crippen LogP contribution in [0.25, 0.3) is 0 Å². The van der Waals surface area contributed by atoms with E-state index in [0.29, 0.717) is 54.2 Å². The van der Waals surface area contributed by atoms with Gasteiger partial charge in [0.25, 0.3) is 5.91 Å². The predicted octanol–water partition coefficient (Wildman–Crippen LogP) is 2.16. The molecule has 1 amide bonds. The minimum absolute atomic E-state index is 0.168. The zero-order valence-corrected chi connectivity index (χ0v) is 20.7. The van der Waals surface area contributed by atoms with Gasteiger partial charge in [0.15, 0.2) is 0 Å². The second-order valence-electron chi connectivity index (χ2n) is 8.75. The van der Waals surface area contributed by atoms with Crippen molar-refractivity contribution in [3.63, 3.8) is 0 Å². The SMILES string of the molecule is Cc1ccc(C)c(S(=O)(=O)N2CCN(C(=O)c3ccc4c(c3)CCCN4S(C)(=O)=O)CC2)c1. The Balaban J connectivity index is 1.48. The fourth-order valence-electron chi connectivity index (χ4n) is 4.48. The van der Waals surface area contributed by atoms with E-state index in [1.54, 1.807) is 36.1 Å². The lowest BCUT2D eigenvalue weighted by molar-refractivity contribution is 0.0697. The van der Waals surface area contributed by atoms with Crippen molar-refractivity contribution in [3.05, 3.63) is 58.7 Å². The topological polar surface area (TPSA) is 95.1 Å². The van der Waals surface area contributed by atoms with Crippen molar-refractivity contribution in [3.8, 4) is 0 Å². The van der Waals surface area contributed by atoms with Crippen molar-refractivity contribution in [1.29, 1.82) is 0 Å². The van der Waals surface area contributed by atoms with Gasteiger partial charge in [-0.15, -0.1) is 0 Å². The van der Waals surface area contributed by atoms with Crippen molar-refractivity contribution in [1.82, 2.24) is 9.21 Å². The number of anilines is 1. The Morgan fingerprint density at radius 3 is 2.24 bits per heavy atom. The van der Waals surface area contributed by atoms with Crippen molar-refractivity contribution in [2.45, 2.75) is 31.6 Å². The van der Waals surface area contributed by atoms with E-state index in [-0.39, 0.29) is 19.0 Å². The van der Waals surface area contributed by atoms with E-state index < -0.39 is 20.0 Å². The lowest BCUT2D eigenvalue weighted by atomic mass is 10.00. The molecule has 33 heavy (non-hydrogen) atoms. The number of nitrogens with zero attached hydrogens (tertiary/aromatic N) is 3. The van der Waals surface area contributed by atoms with E-state index in [0.717, 1.165) is 11.1 Å². The third kappa shape index (κ3) is 4.64. The molecule has 0 radical (unpaired) electrons. The first kappa shape index (κ1) is 23.7. The van der Waals surface area contributed by atoms with Crippen LogP contribution in [-0.4, -0.2) is 70.9 Å². The smallest absolute Gasteiger partial charge is 0.253 e. The summed E-state index contributed by atoms with van der Waals surface area (Å²) in [7, 11) is -6.99. The molecule has 0 saturated carbocycles. The minimum Gasteiger partial charge on any atom is -0.336 e. The van der Waals surface area contributed by atoms with Gasteiger partial charge in [-0.3, -0.25) is 9.10 Å². The van der Waals surface area contributed by atoms with Gasteiger partial charge < -0.3 is 4.90 Å². The molecule has 2 aromatic carbocycles. The lowest BCUT2D eigenvalue weighted by Crippen LogP contribution is -2.50. The van der Waals surface area contributed by atoms with Crippen molar-refractivity contribution in [2.75, 3.05) is 43.3 Å². The molecule has 8 nitrogen and oxygen atoms in total. The molecule has 0 N–H and O–H groups in total. The maximum absolute atomic E-state index is 13.1. The number of rotatable bonds is 4. The number of carbonyl (C=O) groups is 1. The van der Waals surface area contributed by atoms with E-state index in [4.69, 9.17) is 0 Å². The number of sulfonamides is 2. The predicted molar refractivity (Wildman–Crippen MR) is 128 cm³/mol. The molecule has 2 aliphatic rings. The molecule has 0 atom stereocenters. The lowest BCUT2D eigenvalue weighted by Gasteiger charge is -2.35. The average molecular weight is 492 g/mol. The Morgan fingerprint density at radius 2 is 1.58 bits per heavy atom. The summed E-state index contributed by atoms with van der Waals surface area (Å²) >= 11 is 0. The molecule has 2 aliphatic heterocycles. The van der Waals surface area contributed by atoms with E-state index in [1.807, 2.05) is 19.1 Å². The molecule has 0 aromatic heterocycles. The molecule has 0 aliphatic carbocycles. The second kappa shape index (κ2) is 8.73. The van der Waals surface area contributed by atoms with Crippen LogP contribution < -0.4 is 4.31 Å². The van der Waals surface area contributed by atoms with Gasteiger partial charge in [0.05, 0.1) is 16.8 Å². The highest BCUT2D eigenvalue weighted by atomic mass is 32.2. The van der Waals surface area contributed by atoms with Crippen LogP contribution in [0, 0.1) is 13.8 Å². The van der Waals surface area contributed by atoms with Gasteiger partial charge in [-0.2, -0.15) is 4.31 Å². The number of fused-ring (bicyclic) bond motifs is 1.